The van der Waals surface area contributed by atoms with Crippen LogP contribution in [0.5, 0.6) is 0 Å². The lowest BCUT2D eigenvalue weighted by molar-refractivity contribution is -0.137. The lowest BCUT2D eigenvalue weighted by atomic mass is 10.1. The van der Waals surface area contributed by atoms with Gasteiger partial charge in [0.15, 0.2) is 0 Å². The van der Waals surface area contributed by atoms with E-state index in [0.29, 0.717) is 11.0 Å². The van der Waals surface area contributed by atoms with Gasteiger partial charge in [-0.3, -0.25) is 0 Å². The number of rotatable bonds is 1. The van der Waals surface area contributed by atoms with Crippen molar-refractivity contribution >= 4 is 16.7 Å². The molecule has 0 radical (unpaired) electrons. The molecule has 108 valence electrons. The van der Waals surface area contributed by atoms with E-state index in [0.717, 1.165) is 12.1 Å². The molecule has 3 nitrogen and oxygen atoms in total. The fourth-order valence-electron chi connectivity index (χ4n) is 2.05. The zero-order valence-corrected chi connectivity index (χ0v) is 10.5. The lowest BCUT2D eigenvalue weighted by Crippen LogP contribution is -2.06. The Balaban J connectivity index is 2.17. The number of aromatic amines is 1. The molecular formula is C14H9F4N3. The summed E-state index contributed by atoms with van der Waals surface area (Å²) >= 11 is 0. The minimum absolute atomic E-state index is 0.126. The smallest absolute Gasteiger partial charge is 0.398 e. The predicted octanol–water partition coefficient (Wildman–Crippen LogP) is 3.97. The van der Waals surface area contributed by atoms with Crippen molar-refractivity contribution in [3.63, 3.8) is 0 Å². The van der Waals surface area contributed by atoms with Gasteiger partial charge < -0.3 is 10.7 Å². The topological polar surface area (TPSA) is 54.7 Å². The molecule has 3 rings (SSSR count). The Morgan fingerprint density at radius 1 is 1.05 bits per heavy atom. The molecule has 0 atom stereocenters. The van der Waals surface area contributed by atoms with E-state index in [2.05, 4.69) is 9.97 Å². The number of nitrogen functional groups attached to an aromatic ring is 1. The summed E-state index contributed by atoms with van der Waals surface area (Å²) in [5.41, 5.74) is 6.01. The summed E-state index contributed by atoms with van der Waals surface area (Å²) in [6.07, 6.45) is -4.47. The van der Waals surface area contributed by atoms with E-state index < -0.39 is 17.6 Å². The van der Waals surface area contributed by atoms with Crippen molar-refractivity contribution in [2.24, 2.45) is 0 Å². The number of hydrogen-bond donors (Lipinski definition) is 2. The summed E-state index contributed by atoms with van der Waals surface area (Å²) in [5, 5.41) is 0. The first-order valence-electron chi connectivity index (χ1n) is 5.97. The number of fused-ring (bicyclic) bond motifs is 1. The number of nitrogens with two attached hydrogens (primary N) is 1. The predicted molar refractivity (Wildman–Crippen MR) is 70.9 cm³/mol. The third-order valence-electron chi connectivity index (χ3n) is 3.08. The molecule has 0 amide bonds. The summed E-state index contributed by atoms with van der Waals surface area (Å²) in [6.45, 7) is 0. The molecule has 0 aliphatic heterocycles. The molecule has 1 heterocycles. The van der Waals surface area contributed by atoms with Gasteiger partial charge in [-0.05, 0) is 36.4 Å². The van der Waals surface area contributed by atoms with Gasteiger partial charge in [0, 0.05) is 11.3 Å². The van der Waals surface area contributed by atoms with Crippen LogP contribution >= 0.6 is 0 Å². The van der Waals surface area contributed by atoms with Gasteiger partial charge in [0.1, 0.15) is 11.6 Å². The quantitative estimate of drug-likeness (QED) is 0.527. The molecular weight excluding hydrogens is 286 g/mol. The molecule has 7 heteroatoms. The number of hydrogen-bond acceptors (Lipinski definition) is 2. The van der Waals surface area contributed by atoms with Gasteiger partial charge in [0.05, 0.1) is 16.6 Å². The molecule has 21 heavy (non-hydrogen) atoms. The van der Waals surface area contributed by atoms with Gasteiger partial charge in [0.25, 0.3) is 0 Å². The fraction of sp³-hybridized carbons (Fsp3) is 0.0714. The van der Waals surface area contributed by atoms with Crippen LogP contribution < -0.4 is 5.73 Å². The molecule has 0 spiro atoms. The number of H-pyrrole nitrogens is 1. The normalized spacial score (nSPS) is 12.0. The number of nitrogens with one attached hydrogen (secondary N) is 1. The molecule has 2 aromatic carbocycles. The molecule has 3 N–H and O–H groups in total. The van der Waals surface area contributed by atoms with Gasteiger partial charge in [-0.2, -0.15) is 13.2 Å². The Morgan fingerprint density at radius 2 is 1.81 bits per heavy atom. The molecule has 1 aromatic heterocycles. The van der Waals surface area contributed by atoms with E-state index in [1.165, 1.54) is 24.3 Å². The van der Waals surface area contributed by atoms with Crippen molar-refractivity contribution in [1.29, 1.82) is 0 Å². The zero-order chi connectivity index (χ0) is 15.2. The second-order valence-corrected chi connectivity index (χ2v) is 4.55. The summed E-state index contributed by atoms with van der Waals surface area (Å²) in [4.78, 5) is 6.91. The average Bonchev–Trinajstić information content (AvgIpc) is 2.80. The summed E-state index contributed by atoms with van der Waals surface area (Å²) < 4.78 is 51.4. The monoisotopic (exact) mass is 295 g/mol. The Hall–Kier alpha value is -2.57. The van der Waals surface area contributed by atoms with Gasteiger partial charge in [0.2, 0.25) is 0 Å². The van der Waals surface area contributed by atoms with Crippen LogP contribution in [0.2, 0.25) is 0 Å². The summed E-state index contributed by atoms with van der Waals surface area (Å²) in [7, 11) is 0. The Kier molecular flexibility index (Phi) is 2.86. The number of anilines is 1. The van der Waals surface area contributed by atoms with Gasteiger partial charge in [-0.15, -0.1) is 0 Å². The summed E-state index contributed by atoms with van der Waals surface area (Å²) in [5.74, 6) is -0.297. The molecule has 0 saturated heterocycles. The SMILES string of the molecule is Nc1ccc(C(F)(F)F)cc1-c1nc2ccc(F)cc2[nH]1. The van der Waals surface area contributed by atoms with Gasteiger partial charge in [-0.1, -0.05) is 0 Å². The first-order chi connectivity index (χ1) is 9.84. The van der Waals surface area contributed by atoms with E-state index in [-0.39, 0.29) is 17.1 Å². The second kappa shape index (κ2) is 4.47. The van der Waals surface area contributed by atoms with E-state index in [9.17, 15) is 17.6 Å². The molecule has 0 fully saturated rings. The van der Waals surface area contributed by atoms with Crippen molar-refractivity contribution in [3.8, 4) is 11.4 Å². The van der Waals surface area contributed by atoms with Crippen molar-refractivity contribution in [2.45, 2.75) is 6.18 Å². The van der Waals surface area contributed by atoms with Crippen molar-refractivity contribution < 1.29 is 17.6 Å². The van der Waals surface area contributed by atoms with Crippen molar-refractivity contribution in [3.05, 3.63) is 47.8 Å². The molecule has 0 bridgehead atoms. The minimum Gasteiger partial charge on any atom is -0.398 e. The molecule has 0 aliphatic rings. The third kappa shape index (κ3) is 2.42. The minimum atomic E-state index is -4.47. The van der Waals surface area contributed by atoms with E-state index in [1.807, 2.05) is 0 Å². The van der Waals surface area contributed by atoms with Gasteiger partial charge in [-0.25, -0.2) is 9.37 Å². The van der Waals surface area contributed by atoms with E-state index in [4.69, 9.17) is 5.73 Å². The van der Waals surface area contributed by atoms with E-state index in [1.54, 1.807) is 0 Å². The fourth-order valence-corrected chi connectivity index (χ4v) is 2.05. The van der Waals surface area contributed by atoms with Crippen LogP contribution in [-0.2, 0) is 6.18 Å². The van der Waals surface area contributed by atoms with Crippen LogP contribution in [0.1, 0.15) is 5.56 Å². The number of benzene rings is 2. The van der Waals surface area contributed by atoms with Crippen LogP contribution in [0.4, 0.5) is 23.2 Å². The number of alkyl halides is 3. The molecule has 0 saturated carbocycles. The maximum atomic E-state index is 13.1. The standard InChI is InChI=1S/C14H9F4N3/c15-8-2-4-11-12(6-8)21-13(20-11)9-5-7(14(16,17)18)1-3-10(9)19/h1-6H,19H2,(H,20,21). The molecule has 3 aromatic rings. The van der Waals surface area contributed by atoms with Crippen LogP contribution in [-0.4, -0.2) is 9.97 Å². The highest BCUT2D eigenvalue weighted by molar-refractivity contribution is 5.82. The molecule has 0 aliphatic carbocycles. The van der Waals surface area contributed by atoms with Crippen LogP contribution in [0.25, 0.3) is 22.4 Å². The van der Waals surface area contributed by atoms with Crippen molar-refractivity contribution in [1.82, 2.24) is 9.97 Å². The Labute approximate surface area is 116 Å². The number of halogens is 4. The number of nitrogens with zero attached hydrogens (tertiary/aromatic N) is 1. The lowest BCUT2D eigenvalue weighted by Gasteiger charge is -2.09. The maximum Gasteiger partial charge on any atom is 0.416 e. The molecule has 0 unspecified atom stereocenters. The zero-order valence-electron chi connectivity index (χ0n) is 10.5. The van der Waals surface area contributed by atoms with E-state index >= 15 is 0 Å². The van der Waals surface area contributed by atoms with Crippen molar-refractivity contribution in [2.75, 3.05) is 5.73 Å². The number of imidazole rings is 1. The van der Waals surface area contributed by atoms with Crippen LogP contribution in [0.15, 0.2) is 36.4 Å². The Bertz CT molecular complexity index is 821. The summed E-state index contributed by atoms with van der Waals surface area (Å²) in [6, 6.07) is 6.88. The highest BCUT2D eigenvalue weighted by Gasteiger charge is 2.31. The first-order valence-corrected chi connectivity index (χ1v) is 5.97. The largest absolute Gasteiger partial charge is 0.416 e. The highest BCUT2D eigenvalue weighted by atomic mass is 19.4. The van der Waals surface area contributed by atoms with Gasteiger partial charge >= 0.3 is 6.18 Å². The third-order valence-corrected chi connectivity index (χ3v) is 3.08. The average molecular weight is 295 g/mol. The Morgan fingerprint density at radius 3 is 2.52 bits per heavy atom. The van der Waals surface area contributed by atoms with Crippen LogP contribution in [0.3, 0.4) is 0 Å². The highest BCUT2D eigenvalue weighted by Crippen LogP contribution is 2.34. The maximum absolute atomic E-state index is 13.1. The first kappa shape index (κ1) is 13.4. The number of aromatic nitrogens is 2. The second-order valence-electron chi connectivity index (χ2n) is 4.55. The van der Waals surface area contributed by atoms with Crippen LogP contribution in [0, 0.1) is 5.82 Å².